The summed E-state index contributed by atoms with van der Waals surface area (Å²) >= 11 is 7.35. The van der Waals surface area contributed by atoms with Crippen molar-refractivity contribution in [2.75, 3.05) is 11.1 Å². The summed E-state index contributed by atoms with van der Waals surface area (Å²) in [5, 5.41) is 13.6. The van der Waals surface area contributed by atoms with Crippen molar-refractivity contribution in [3.8, 4) is 0 Å². The minimum absolute atomic E-state index is 0.00622. The van der Waals surface area contributed by atoms with Gasteiger partial charge in [-0.15, -0.1) is 11.8 Å². The van der Waals surface area contributed by atoms with Crippen LogP contribution in [0.3, 0.4) is 0 Å². The number of carbonyl (C=O) groups excluding carboxylic acids is 2. The molecular weight excluding hydrogens is 342 g/mol. The van der Waals surface area contributed by atoms with Gasteiger partial charge in [0.2, 0.25) is 11.8 Å². The van der Waals surface area contributed by atoms with Gasteiger partial charge in [-0.1, -0.05) is 11.6 Å². The SMILES string of the molecule is CC12CCC(=O)N1C(C(=O)Nc1ccc(Cl)c([N+](=O)[O-])c1)CS2. The lowest BCUT2D eigenvalue weighted by atomic mass is 10.2. The number of halogens is 1. The molecule has 0 aliphatic carbocycles. The molecule has 2 unspecified atom stereocenters. The Kier molecular flexibility index (Phi) is 3.97. The molecule has 3 rings (SSSR count). The van der Waals surface area contributed by atoms with Crippen LogP contribution in [-0.4, -0.2) is 38.3 Å². The number of benzene rings is 1. The topological polar surface area (TPSA) is 92.6 Å². The third-order valence-electron chi connectivity index (χ3n) is 4.16. The first-order valence-corrected chi connectivity index (χ1v) is 8.39. The molecule has 2 aliphatic heterocycles. The Morgan fingerprint density at radius 1 is 1.57 bits per heavy atom. The quantitative estimate of drug-likeness (QED) is 0.664. The Balaban J connectivity index is 1.79. The molecule has 0 aromatic heterocycles. The minimum atomic E-state index is -0.607. The van der Waals surface area contributed by atoms with E-state index in [0.29, 0.717) is 12.2 Å². The van der Waals surface area contributed by atoms with Gasteiger partial charge in [-0.05, 0) is 25.5 Å². The van der Waals surface area contributed by atoms with Gasteiger partial charge in [-0.2, -0.15) is 0 Å². The molecule has 23 heavy (non-hydrogen) atoms. The number of hydrogen-bond donors (Lipinski definition) is 1. The first kappa shape index (κ1) is 16.1. The predicted molar refractivity (Wildman–Crippen MR) is 87.5 cm³/mol. The van der Waals surface area contributed by atoms with E-state index in [1.165, 1.54) is 18.2 Å². The van der Waals surface area contributed by atoms with Gasteiger partial charge in [0.15, 0.2) is 0 Å². The van der Waals surface area contributed by atoms with E-state index in [1.807, 2.05) is 6.92 Å². The zero-order valence-corrected chi connectivity index (χ0v) is 13.8. The van der Waals surface area contributed by atoms with Crippen molar-refractivity contribution >= 4 is 46.6 Å². The summed E-state index contributed by atoms with van der Waals surface area (Å²) < 4.78 is 0. The second-order valence-corrected chi connectivity index (χ2v) is 7.59. The molecule has 2 heterocycles. The van der Waals surface area contributed by atoms with E-state index in [-0.39, 0.29) is 33.1 Å². The lowest BCUT2D eigenvalue weighted by Gasteiger charge is -2.29. The van der Waals surface area contributed by atoms with Crippen LogP contribution in [0.25, 0.3) is 0 Å². The van der Waals surface area contributed by atoms with E-state index in [1.54, 1.807) is 16.7 Å². The van der Waals surface area contributed by atoms with Gasteiger partial charge < -0.3 is 10.2 Å². The maximum absolute atomic E-state index is 12.5. The lowest BCUT2D eigenvalue weighted by molar-refractivity contribution is -0.384. The first-order valence-electron chi connectivity index (χ1n) is 7.03. The Labute approximate surface area is 141 Å². The summed E-state index contributed by atoms with van der Waals surface area (Å²) in [6, 6.07) is 3.52. The van der Waals surface area contributed by atoms with Gasteiger partial charge in [-0.25, -0.2) is 0 Å². The fraction of sp³-hybridized carbons (Fsp3) is 0.429. The molecule has 0 bridgehead atoms. The van der Waals surface area contributed by atoms with E-state index in [0.717, 1.165) is 6.42 Å². The van der Waals surface area contributed by atoms with Crippen molar-refractivity contribution in [1.82, 2.24) is 4.90 Å². The van der Waals surface area contributed by atoms with E-state index in [4.69, 9.17) is 11.6 Å². The molecule has 1 aromatic rings. The Morgan fingerprint density at radius 3 is 3.00 bits per heavy atom. The Morgan fingerprint density at radius 2 is 2.30 bits per heavy atom. The van der Waals surface area contributed by atoms with E-state index in [2.05, 4.69) is 5.32 Å². The summed E-state index contributed by atoms with van der Waals surface area (Å²) in [4.78, 5) is 36.1. The van der Waals surface area contributed by atoms with Crippen LogP contribution in [0.2, 0.25) is 5.02 Å². The molecule has 122 valence electrons. The van der Waals surface area contributed by atoms with Crippen molar-refractivity contribution in [3.05, 3.63) is 33.3 Å². The second-order valence-electron chi connectivity index (χ2n) is 5.68. The van der Waals surface area contributed by atoms with Crippen LogP contribution in [0.1, 0.15) is 19.8 Å². The van der Waals surface area contributed by atoms with Crippen LogP contribution in [0, 0.1) is 10.1 Å². The molecule has 2 atom stereocenters. The zero-order valence-electron chi connectivity index (χ0n) is 12.2. The highest BCUT2D eigenvalue weighted by Gasteiger charge is 2.52. The Bertz CT molecular complexity index is 713. The largest absolute Gasteiger partial charge is 0.324 e. The second kappa shape index (κ2) is 5.68. The normalized spacial score (nSPS) is 26.3. The molecule has 2 amide bonds. The number of nitrogens with zero attached hydrogens (tertiary/aromatic N) is 2. The van der Waals surface area contributed by atoms with Gasteiger partial charge in [0.1, 0.15) is 11.1 Å². The smallest absolute Gasteiger partial charge is 0.289 e. The van der Waals surface area contributed by atoms with Crippen molar-refractivity contribution < 1.29 is 14.5 Å². The number of hydrogen-bond acceptors (Lipinski definition) is 5. The molecule has 2 fully saturated rings. The van der Waals surface area contributed by atoms with Gasteiger partial charge >= 0.3 is 0 Å². The predicted octanol–water partition coefficient (Wildman–Crippen LogP) is 2.64. The lowest BCUT2D eigenvalue weighted by Crippen LogP contribution is -2.48. The van der Waals surface area contributed by atoms with Gasteiger partial charge in [0.25, 0.3) is 5.69 Å². The summed E-state index contributed by atoms with van der Waals surface area (Å²) in [5.74, 6) is 0.150. The number of fused-ring (bicyclic) bond motifs is 1. The number of anilines is 1. The molecule has 1 aromatic carbocycles. The number of nitro groups is 1. The summed E-state index contributed by atoms with van der Waals surface area (Å²) in [7, 11) is 0. The third-order valence-corrected chi connectivity index (χ3v) is 5.98. The highest BCUT2D eigenvalue weighted by atomic mass is 35.5. The number of carbonyl (C=O) groups is 2. The molecule has 7 nitrogen and oxygen atoms in total. The van der Waals surface area contributed by atoms with Crippen molar-refractivity contribution in [3.63, 3.8) is 0 Å². The number of rotatable bonds is 3. The highest BCUT2D eigenvalue weighted by Crippen LogP contribution is 2.47. The van der Waals surface area contributed by atoms with Crippen LogP contribution in [0.5, 0.6) is 0 Å². The molecule has 2 saturated heterocycles. The monoisotopic (exact) mass is 355 g/mol. The van der Waals surface area contributed by atoms with E-state index >= 15 is 0 Å². The number of thioether (sulfide) groups is 1. The number of amides is 2. The highest BCUT2D eigenvalue weighted by molar-refractivity contribution is 8.01. The van der Waals surface area contributed by atoms with Crippen molar-refractivity contribution in [2.45, 2.75) is 30.7 Å². The first-order chi connectivity index (χ1) is 10.8. The van der Waals surface area contributed by atoms with Crippen LogP contribution in [0.15, 0.2) is 18.2 Å². The fourth-order valence-corrected chi connectivity index (χ4v) is 4.59. The summed E-state index contributed by atoms with van der Waals surface area (Å²) in [6.45, 7) is 1.96. The van der Waals surface area contributed by atoms with Gasteiger partial charge in [0.05, 0.1) is 9.79 Å². The molecule has 0 saturated carbocycles. The minimum Gasteiger partial charge on any atom is -0.324 e. The standard InChI is InChI=1S/C14H14ClN3O4S/c1-14-5-4-12(19)17(14)11(7-23-14)13(20)16-8-2-3-9(15)10(6-8)18(21)22/h2-3,6,11H,4-5,7H2,1H3,(H,16,20). The van der Waals surface area contributed by atoms with Crippen LogP contribution in [-0.2, 0) is 9.59 Å². The molecule has 2 aliphatic rings. The molecule has 0 radical (unpaired) electrons. The fourth-order valence-electron chi connectivity index (χ4n) is 2.97. The Hall–Kier alpha value is -1.80. The number of nitrogens with one attached hydrogen (secondary N) is 1. The van der Waals surface area contributed by atoms with Gasteiger partial charge in [-0.3, -0.25) is 19.7 Å². The molecule has 9 heteroatoms. The van der Waals surface area contributed by atoms with Crippen LogP contribution < -0.4 is 5.32 Å². The van der Waals surface area contributed by atoms with E-state index < -0.39 is 11.0 Å². The summed E-state index contributed by atoms with van der Waals surface area (Å²) in [5.41, 5.74) is 0.0173. The van der Waals surface area contributed by atoms with Crippen LogP contribution in [0.4, 0.5) is 11.4 Å². The molecule has 1 N–H and O–H groups in total. The summed E-state index contributed by atoms with van der Waals surface area (Å²) in [6.07, 6.45) is 1.17. The average Bonchev–Trinajstić information content (AvgIpc) is 2.98. The van der Waals surface area contributed by atoms with E-state index in [9.17, 15) is 19.7 Å². The van der Waals surface area contributed by atoms with Crippen LogP contribution >= 0.6 is 23.4 Å². The van der Waals surface area contributed by atoms with Crippen molar-refractivity contribution in [1.29, 1.82) is 0 Å². The van der Waals surface area contributed by atoms with Gasteiger partial charge in [0, 0.05) is 23.9 Å². The average molecular weight is 356 g/mol. The van der Waals surface area contributed by atoms with Crippen molar-refractivity contribution in [2.24, 2.45) is 0 Å². The molecule has 0 spiro atoms. The maximum Gasteiger partial charge on any atom is 0.289 e. The molecular formula is C14H14ClN3O4S. The third kappa shape index (κ3) is 2.76. The number of nitro benzene ring substituents is 1. The maximum atomic E-state index is 12.5. The zero-order chi connectivity index (χ0) is 16.8.